The number of hydrogen-bond donors (Lipinski definition) is 2. The van der Waals surface area contributed by atoms with Gasteiger partial charge in [0.1, 0.15) is 6.10 Å². The lowest BCUT2D eigenvalue weighted by Crippen LogP contribution is -2.40. The fourth-order valence-electron chi connectivity index (χ4n) is 2.50. The van der Waals surface area contributed by atoms with Crippen molar-refractivity contribution in [1.29, 1.82) is 0 Å². The maximum atomic E-state index is 12.3. The highest BCUT2D eigenvalue weighted by Crippen LogP contribution is 2.20. The molecule has 2 unspecified atom stereocenters. The molecule has 24 heavy (non-hydrogen) atoms. The number of carbonyl (C=O) groups is 1. The summed E-state index contributed by atoms with van der Waals surface area (Å²) in [5.74, 6) is -0.171. The number of hydrogen-bond acceptors (Lipinski definition) is 4. The quantitative estimate of drug-likeness (QED) is 0.693. The molecule has 2 atom stereocenters. The lowest BCUT2D eigenvalue weighted by molar-refractivity contribution is -0.133. The average Bonchev–Trinajstić information content (AvgIpc) is 2.62. The molecule has 2 rings (SSSR count). The number of carbonyl (C=O) groups excluding carboxylic acids is 1. The van der Waals surface area contributed by atoms with Gasteiger partial charge >= 0.3 is 0 Å². The molecule has 0 radical (unpaired) electrons. The second kappa shape index (κ2) is 9.37. The Kier molecular flexibility index (Phi) is 7.18. The molecule has 0 bridgehead atoms. The molecule has 1 amide bonds. The van der Waals surface area contributed by atoms with E-state index >= 15 is 0 Å². The van der Waals surface area contributed by atoms with Gasteiger partial charge < -0.3 is 20.5 Å². The van der Waals surface area contributed by atoms with E-state index in [1.165, 1.54) is 0 Å². The van der Waals surface area contributed by atoms with Gasteiger partial charge in [0.25, 0.3) is 0 Å². The Bertz CT molecular complexity index is 660. The molecular formula is C19H26N2O3. The number of nitrogens with one attached hydrogen (secondary N) is 1. The molecule has 2 aromatic rings. The third-order valence-electron chi connectivity index (χ3n) is 3.90. The zero-order valence-corrected chi connectivity index (χ0v) is 14.3. The molecule has 0 spiro atoms. The highest BCUT2D eigenvalue weighted by molar-refractivity contribution is 5.84. The van der Waals surface area contributed by atoms with E-state index in [0.717, 1.165) is 16.3 Å². The predicted octanol–water partition coefficient (Wildman–Crippen LogP) is 2.40. The second-order valence-corrected chi connectivity index (χ2v) is 5.61. The van der Waals surface area contributed by atoms with Crippen LogP contribution in [-0.4, -0.2) is 38.4 Å². The summed E-state index contributed by atoms with van der Waals surface area (Å²) in [5.41, 5.74) is 6.85. The molecule has 0 aliphatic rings. The van der Waals surface area contributed by atoms with Gasteiger partial charge in [0.2, 0.25) is 5.91 Å². The molecule has 2 aromatic carbocycles. The minimum Gasteiger partial charge on any atom is -0.379 e. The van der Waals surface area contributed by atoms with Gasteiger partial charge in [-0.3, -0.25) is 4.79 Å². The molecule has 0 aliphatic carbocycles. The Balaban J connectivity index is 1.98. The molecule has 0 fully saturated rings. The van der Waals surface area contributed by atoms with Crippen LogP contribution >= 0.6 is 0 Å². The summed E-state index contributed by atoms with van der Waals surface area (Å²) in [4.78, 5) is 12.3. The lowest BCUT2D eigenvalue weighted by Gasteiger charge is -2.21. The van der Waals surface area contributed by atoms with Crippen LogP contribution in [0.4, 0.5) is 0 Å². The highest BCUT2D eigenvalue weighted by atomic mass is 16.5. The first-order valence-electron chi connectivity index (χ1n) is 8.34. The van der Waals surface area contributed by atoms with E-state index in [4.69, 9.17) is 15.2 Å². The van der Waals surface area contributed by atoms with Crippen molar-refractivity contribution in [3.63, 3.8) is 0 Å². The van der Waals surface area contributed by atoms with Crippen molar-refractivity contribution in [2.75, 3.05) is 26.4 Å². The van der Waals surface area contributed by atoms with E-state index in [2.05, 4.69) is 17.4 Å². The summed E-state index contributed by atoms with van der Waals surface area (Å²) in [5, 5.41) is 5.25. The van der Waals surface area contributed by atoms with E-state index < -0.39 is 6.10 Å². The maximum Gasteiger partial charge on any atom is 0.249 e. The largest absolute Gasteiger partial charge is 0.379 e. The first-order valence-corrected chi connectivity index (χ1v) is 8.34. The monoisotopic (exact) mass is 330 g/mol. The SMILES string of the molecule is CCOCCOC(C)C(=O)NC(CN)c1ccc2ccccc2c1. The van der Waals surface area contributed by atoms with Gasteiger partial charge in [0, 0.05) is 13.2 Å². The number of fused-ring (bicyclic) bond motifs is 1. The van der Waals surface area contributed by atoms with Crippen LogP contribution in [0.25, 0.3) is 10.8 Å². The molecule has 130 valence electrons. The van der Waals surface area contributed by atoms with Crippen molar-refractivity contribution >= 4 is 16.7 Å². The molecular weight excluding hydrogens is 304 g/mol. The molecule has 0 saturated heterocycles. The maximum absolute atomic E-state index is 12.3. The number of ether oxygens (including phenoxy) is 2. The van der Waals surface area contributed by atoms with E-state index in [1.54, 1.807) is 6.92 Å². The molecule has 0 heterocycles. The normalized spacial score (nSPS) is 13.6. The van der Waals surface area contributed by atoms with Crippen molar-refractivity contribution < 1.29 is 14.3 Å². The van der Waals surface area contributed by atoms with Crippen molar-refractivity contribution in [3.05, 3.63) is 48.0 Å². The molecule has 0 saturated carbocycles. The fourth-order valence-corrected chi connectivity index (χ4v) is 2.50. The standard InChI is InChI=1S/C19H26N2O3/c1-3-23-10-11-24-14(2)19(22)21-18(13-20)17-9-8-15-6-4-5-7-16(15)12-17/h4-9,12,14,18H,3,10-11,13,20H2,1-2H3,(H,21,22). The molecule has 3 N–H and O–H groups in total. The highest BCUT2D eigenvalue weighted by Gasteiger charge is 2.18. The average molecular weight is 330 g/mol. The van der Waals surface area contributed by atoms with Crippen molar-refractivity contribution in [1.82, 2.24) is 5.32 Å². The minimum absolute atomic E-state index is 0.171. The first-order chi connectivity index (χ1) is 11.7. The van der Waals surface area contributed by atoms with Crippen LogP contribution < -0.4 is 11.1 Å². The Morgan fingerprint density at radius 2 is 1.92 bits per heavy atom. The van der Waals surface area contributed by atoms with Crippen LogP contribution in [0.1, 0.15) is 25.5 Å². The van der Waals surface area contributed by atoms with Gasteiger partial charge in [-0.25, -0.2) is 0 Å². The summed E-state index contributed by atoms with van der Waals surface area (Å²) in [6.45, 7) is 5.50. The fraction of sp³-hybridized carbons (Fsp3) is 0.421. The lowest BCUT2D eigenvalue weighted by atomic mass is 10.0. The van der Waals surface area contributed by atoms with Gasteiger partial charge in [-0.05, 0) is 36.2 Å². The Hall–Kier alpha value is -1.95. The Morgan fingerprint density at radius 3 is 2.62 bits per heavy atom. The zero-order valence-electron chi connectivity index (χ0n) is 14.3. The van der Waals surface area contributed by atoms with Crippen LogP contribution in [0.15, 0.2) is 42.5 Å². The van der Waals surface area contributed by atoms with Crippen molar-refractivity contribution in [2.45, 2.75) is 26.0 Å². The van der Waals surface area contributed by atoms with Crippen LogP contribution in [0.2, 0.25) is 0 Å². The molecule has 5 heteroatoms. The van der Waals surface area contributed by atoms with Gasteiger partial charge in [-0.15, -0.1) is 0 Å². The minimum atomic E-state index is -0.542. The molecule has 5 nitrogen and oxygen atoms in total. The number of benzene rings is 2. The van der Waals surface area contributed by atoms with Crippen molar-refractivity contribution in [3.8, 4) is 0 Å². The smallest absolute Gasteiger partial charge is 0.249 e. The summed E-state index contributed by atoms with van der Waals surface area (Å²) < 4.78 is 10.7. The van der Waals surface area contributed by atoms with Gasteiger partial charge in [-0.2, -0.15) is 0 Å². The number of rotatable bonds is 9. The van der Waals surface area contributed by atoms with E-state index in [9.17, 15) is 4.79 Å². The topological polar surface area (TPSA) is 73.6 Å². The number of nitrogens with two attached hydrogens (primary N) is 1. The summed E-state index contributed by atoms with van der Waals surface area (Å²) in [7, 11) is 0. The first kappa shape index (κ1) is 18.4. The van der Waals surface area contributed by atoms with Gasteiger partial charge in [-0.1, -0.05) is 36.4 Å². The Morgan fingerprint density at radius 1 is 1.17 bits per heavy atom. The van der Waals surface area contributed by atoms with Gasteiger partial charge in [0.05, 0.1) is 19.3 Å². The van der Waals surface area contributed by atoms with Crippen LogP contribution in [-0.2, 0) is 14.3 Å². The third kappa shape index (κ3) is 5.03. The van der Waals surface area contributed by atoms with Crippen LogP contribution in [0.3, 0.4) is 0 Å². The van der Waals surface area contributed by atoms with Gasteiger partial charge in [0.15, 0.2) is 0 Å². The van der Waals surface area contributed by atoms with Crippen LogP contribution in [0.5, 0.6) is 0 Å². The zero-order chi connectivity index (χ0) is 17.4. The molecule has 0 aromatic heterocycles. The Labute approximate surface area is 143 Å². The summed E-state index contributed by atoms with van der Waals surface area (Å²) in [6, 6.07) is 14.0. The third-order valence-corrected chi connectivity index (χ3v) is 3.90. The van der Waals surface area contributed by atoms with E-state index in [1.807, 2.05) is 37.3 Å². The van der Waals surface area contributed by atoms with E-state index in [0.29, 0.717) is 26.4 Å². The predicted molar refractivity (Wildman–Crippen MR) is 95.8 cm³/mol. The van der Waals surface area contributed by atoms with Crippen LogP contribution in [0, 0.1) is 0 Å². The molecule has 0 aliphatic heterocycles. The summed E-state index contributed by atoms with van der Waals surface area (Å²) in [6.07, 6.45) is -0.542. The summed E-state index contributed by atoms with van der Waals surface area (Å²) >= 11 is 0. The van der Waals surface area contributed by atoms with E-state index in [-0.39, 0.29) is 11.9 Å². The number of amides is 1. The van der Waals surface area contributed by atoms with Crippen molar-refractivity contribution in [2.24, 2.45) is 5.73 Å². The second-order valence-electron chi connectivity index (χ2n) is 5.61.